The summed E-state index contributed by atoms with van der Waals surface area (Å²) in [5.41, 5.74) is 0.987. The van der Waals surface area contributed by atoms with Crippen LogP contribution in [-0.2, 0) is 16.0 Å². The molecule has 0 aliphatic carbocycles. The van der Waals surface area contributed by atoms with Crippen molar-refractivity contribution < 1.29 is 14.7 Å². The minimum Gasteiger partial charge on any atom is -0.481 e. The highest BCUT2D eigenvalue weighted by Crippen LogP contribution is 2.21. The van der Waals surface area contributed by atoms with Crippen LogP contribution >= 0.6 is 0 Å². The van der Waals surface area contributed by atoms with Gasteiger partial charge in [0.25, 0.3) is 0 Å². The fourth-order valence-electron chi connectivity index (χ4n) is 2.25. The van der Waals surface area contributed by atoms with Gasteiger partial charge in [-0.2, -0.15) is 0 Å². The third-order valence-corrected chi connectivity index (χ3v) is 3.29. The topological polar surface area (TPSA) is 66.4 Å². The molecule has 0 heterocycles. The Balaban J connectivity index is 2.24. The van der Waals surface area contributed by atoms with Gasteiger partial charge < -0.3 is 10.4 Å². The molecule has 0 fully saturated rings. The molecule has 1 unspecified atom stereocenters. The summed E-state index contributed by atoms with van der Waals surface area (Å²) in [6.07, 6.45) is 0.400. The molecular formula is C16H17NO3. The van der Waals surface area contributed by atoms with Gasteiger partial charge in [0, 0.05) is 13.5 Å². The second kappa shape index (κ2) is 6.19. The van der Waals surface area contributed by atoms with Crippen molar-refractivity contribution in [2.75, 3.05) is 6.54 Å². The molecule has 20 heavy (non-hydrogen) atoms. The average Bonchev–Trinajstić information content (AvgIpc) is 2.43. The molecule has 0 aromatic heterocycles. The first-order valence-corrected chi connectivity index (χ1v) is 6.52. The van der Waals surface area contributed by atoms with Crippen molar-refractivity contribution in [1.82, 2.24) is 5.32 Å². The smallest absolute Gasteiger partial charge is 0.308 e. The predicted molar refractivity (Wildman–Crippen MR) is 77.5 cm³/mol. The molecule has 2 aromatic rings. The number of hydrogen-bond acceptors (Lipinski definition) is 2. The van der Waals surface area contributed by atoms with Crippen LogP contribution in [0.4, 0.5) is 0 Å². The lowest BCUT2D eigenvalue weighted by Crippen LogP contribution is -2.32. The average molecular weight is 271 g/mol. The number of carboxylic acids is 1. The van der Waals surface area contributed by atoms with E-state index in [1.165, 1.54) is 6.92 Å². The van der Waals surface area contributed by atoms with Crippen molar-refractivity contribution in [1.29, 1.82) is 0 Å². The zero-order valence-electron chi connectivity index (χ0n) is 11.3. The maximum absolute atomic E-state index is 11.3. The Bertz CT molecular complexity index is 631. The van der Waals surface area contributed by atoms with Crippen molar-refractivity contribution in [3.05, 3.63) is 48.0 Å². The molecule has 0 aliphatic heterocycles. The van der Waals surface area contributed by atoms with Crippen LogP contribution in [0, 0.1) is 5.92 Å². The molecule has 0 aliphatic rings. The van der Waals surface area contributed by atoms with Crippen molar-refractivity contribution in [3.8, 4) is 0 Å². The lowest BCUT2D eigenvalue weighted by Gasteiger charge is -2.14. The van der Waals surface area contributed by atoms with E-state index in [2.05, 4.69) is 5.32 Å². The Morgan fingerprint density at radius 1 is 1.15 bits per heavy atom. The Hall–Kier alpha value is -2.36. The summed E-state index contributed by atoms with van der Waals surface area (Å²) in [7, 11) is 0. The molecule has 0 saturated heterocycles. The zero-order chi connectivity index (χ0) is 14.5. The maximum atomic E-state index is 11.3. The van der Waals surface area contributed by atoms with Crippen LogP contribution in [-0.4, -0.2) is 23.5 Å². The highest BCUT2D eigenvalue weighted by molar-refractivity contribution is 5.86. The zero-order valence-corrected chi connectivity index (χ0v) is 11.3. The number of nitrogens with one attached hydrogen (secondary N) is 1. The first-order valence-electron chi connectivity index (χ1n) is 6.52. The van der Waals surface area contributed by atoms with E-state index in [1.807, 2.05) is 42.5 Å². The van der Waals surface area contributed by atoms with Crippen LogP contribution in [0.2, 0.25) is 0 Å². The Morgan fingerprint density at radius 2 is 1.85 bits per heavy atom. The van der Waals surface area contributed by atoms with Gasteiger partial charge in [0.15, 0.2) is 0 Å². The van der Waals surface area contributed by atoms with E-state index in [0.29, 0.717) is 6.42 Å². The number of amides is 1. The van der Waals surface area contributed by atoms with Crippen LogP contribution in [0.15, 0.2) is 42.5 Å². The van der Waals surface area contributed by atoms with Gasteiger partial charge in [-0.3, -0.25) is 9.59 Å². The second-order valence-corrected chi connectivity index (χ2v) is 4.81. The van der Waals surface area contributed by atoms with Crippen LogP contribution in [0.5, 0.6) is 0 Å². The Labute approximate surface area is 117 Å². The molecule has 4 nitrogen and oxygen atoms in total. The van der Waals surface area contributed by atoms with Crippen molar-refractivity contribution in [2.24, 2.45) is 5.92 Å². The van der Waals surface area contributed by atoms with E-state index in [0.717, 1.165) is 16.3 Å². The van der Waals surface area contributed by atoms with Crippen LogP contribution in [0.25, 0.3) is 10.8 Å². The fraction of sp³-hybridized carbons (Fsp3) is 0.250. The molecule has 0 saturated carbocycles. The van der Waals surface area contributed by atoms with Gasteiger partial charge in [-0.05, 0) is 22.8 Å². The van der Waals surface area contributed by atoms with Gasteiger partial charge in [-0.25, -0.2) is 0 Å². The standard InChI is InChI=1S/C16H17NO3/c1-11(18)17-10-14(16(19)20)9-13-7-4-6-12-5-2-3-8-15(12)13/h2-8,14H,9-10H2,1H3,(H,17,18)(H,19,20). The number of benzene rings is 2. The van der Waals surface area contributed by atoms with Gasteiger partial charge >= 0.3 is 5.97 Å². The minimum absolute atomic E-state index is 0.147. The molecule has 0 radical (unpaired) electrons. The number of carbonyl (C=O) groups is 2. The van der Waals surface area contributed by atoms with Crippen LogP contribution < -0.4 is 5.32 Å². The molecule has 0 spiro atoms. The van der Waals surface area contributed by atoms with Crippen LogP contribution in [0.1, 0.15) is 12.5 Å². The maximum Gasteiger partial charge on any atom is 0.308 e. The van der Waals surface area contributed by atoms with E-state index in [4.69, 9.17) is 0 Å². The number of hydrogen-bond donors (Lipinski definition) is 2. The summed E-state index contributed by atoms with van der Waals surface area (Å²) < 4.78 is 0. The Kier molecular flexibility index (Phi) is 4.35. The highest BCUT2D eigenvalue weighted by Gasteiger charge is 2.19. The SMILES string of the molecule is CC(=O)NCC(Cc1cccc2ccccc12)C(=O)O. The third-order valence-electron chi connectivity index (χ3n) is 3.29. The summed E-state index contributed by atoms with van der Waals surface area (Å²) in [6, 6.07) is 13.8. The molecule has 0 bridgehead atoms. The largest absolute Gasteiger partial charge is 0.481 e. The molecular weight excluding hydrogens is 254 g/mol. The third kappa shape index (κ3) is 3.35. The van der Waals surface area contributed by atoms with E-state index in [9.17, 15) is 14.7 Å². The van der Waals surface area contributed by atoms with E-state index in [1.54, 1.807) is 0 Å². The van der Waals surface area contributed by atoms with Gasteiger partial charge in [0.05, 0.1) is 5.92 Å². The number of carbonyl (C=O) groups excluding carboxylic acids is 1. The van der Waals surface area contributed by atoms with Crippen LogP contribution in [0.3, 0.4) is 0 Å². The van der Waals surface area contributed by atoms with Gasteiger partial charge in [-0.15, -0.1) is 0 Å². The lowest BCUT2D eigenvalue weighted by atomic mass is 9.95. The monoisotopic (exact) mass is 271 g/mol. The fourth-order valence-corrected chi connectivity index (χ4v) is 2.25. The lowest BCUT2D eigenvalue weighted by molar-refractivity contribution is -0.141. The van der Waals surface area contributed by atoms with Gasteiger partial charge in [-0.1, -0.05) is 42.5 Å². The number of rotatable bonds is 5. The first kappa shape index (κ1) is 14.1. The molecule has 2 N–H and O–H groups in total. The summed E-state index contributed by atoms with van der Waals surface area (Å²) in [5, 5.41) is 14.0. The number of aliphatic carboxylic acids is 1. The summed E-state index contributed by atoms with van der Waals surface area (Å²) in [4.78, 5) is 22.2. The Morgan fingerprint density at radius 3 is 2.55 bits per heavy atom. The van der Waals surface area contributed by atoms with E-state index >= 15 is 0 Å². The van der Waals surface area contributed by atoms with Gasteiger partial charge in [0.2, 0.25) is 5.91 Å². The quantitative estimate of drug-likeness (QED) is 0.876. The second-order valence-electron chi connectivity index (χ2n) is 4.81. The van der Waals surface area contributed by atoms with E-state index in [-0.39, 0.29) is 12.5 Å². The van der Waals surface area contributed by atoms with Crippen molar-refractivity contribution in [3.63, 3.8) is 0 Å². The van der Waals surface area contributed by atoms with Crippen molar-refractivity contribution in [2.45, 2.75) is 13.3 Å². The predicted octanol–water partition coefficient (Wildman–Crippen LogP) is 2.22. The number of carboxylic acid groups (broad SMARTS) is 1. The van der Waals surface area contributed by atoms with E-state index < -0.39 is 11.9 Å². The molecule has 4 heteroatoms. The highest BCUT2D eigenvalue weighted by atomic mass is 16.4. The van der Waals surface area contributed by atoms with Gasteiger partial charge in [0.1, 0.15) is 0 Å². The summed E-state index contributed by atoms with van der Waals surface area (Å²) in [5.74, 6) is -1.73. The molecule has 1 atom stereocenters. The summed E-state index contributed by atoms with van der Waals surface area (Å²) >= 11 is 0. The summed E-state index contributed by atoms with van der Waals surface area (Å²) in [6.45, 7) is 1.53. The normalized spacial score (nSPS) is 12.1. The molecule has 2 aromatic carbocycles. The first-order chi connectivity index (χ1) is 9.58. The van der Waals surface area contributed by atoms with Crippen molar-refractivity contribution >= 4 is 22.6 Å². The molecule has 1 amide bonds. The molecule has 104 valence electrons. The molecule has 2 rings (SSSR count). The number of fused-ring (bicyclic) bond motifs is 1. The minimum atomic E-state index is -0.897.